The molecule has 0 saturated heterocycles. The topological polar surface area (TPSA) is 72.2 Å². The van der Waals surface area contributed by atoms with Crippen LogP contribution < -0.4 is 5.43 Å². The summed E-state index contributed by atoms with van der Waals surface area (Å²) in [5.74, 6) is 0.164. The summed E-state index contributed by atoms with van der Waals surface area (Å²) in [5.41, 5.74) is 4.43. The standard InChI is InChI=1S/C16H17N5O/c22-16(14-8-9-14)19-17-10-4-7-15-12-21(20-18-15)11-13-5-2-1-3-6-13/h1-7,10,12,14H,8-9,11H2,(H,19,22). The molecular formula is C16H17N5O. The Labute approximate surface area is 128 Å². The summed E-state index contributed by atoms with van der Waals surface area (Å²) >= 11 is 0. The Balaban J connectivity index is 1.49. The molecule has 0 spiro atoms. The third-order valence-electron chi connectivity index (χ3n) is 3.29. The quantitative estimate of drug-likeness (QED) is 0.653. The summed E-state index contributed by atoms with van der Waals surface area (Å²) < 4.78 is 1.78. The Morgan fingerprint density at radius 2 is 2.18 bits per heavy atom. The van der Waals surface area contributed by atoms with E-state index < -0.39 is 0 Å². The van der Waals surface area contributed by atoms with E-state index in [-0.39, 0.29) is 11.8 Å². The van der Waals surface area contributed by atoms with Gasteiger partial charge < -0.3 is 0 Å². The van der Waals surface area contributed by atoms with Crippen LogP contribution in [0.3, 0.4) is 0 Å². The van der Waals surface area contributed by atoms with Crippen molar-refractivity contribution in [3.63, 3.8) is 0 Å². The molecule has 0 unspecified atom stereocenters. The number of rotatable bonds is 6. The number of nitrogens with one attached hydrogen (secondary N) is 1. The fourth-order valence-corrected chi connectivity index (χ4v) is 1.96. The Hall–Kier alpha value is -2.76. The normalized spacial score (nSPS) is 14.7. The van der Waals surface area contributed by atoms with Gasteiger partial charge in [-0.15, -0.1) is 5.10 Å². The number of amides is 1. The van der Waals surface area contributed by atoms with E-state index in [1.54, 1.807) is 16.8 Å². The molecule has 0 atom stereocenters. The van der Waals surface area contributed by atoms with E-state index in [0.29, 0.717) is 6.54 Å². The van der Waals surface area contributed by atoms with Gasteiger partial charge in [0.1, 0.15) is 5.69 Å². The van der Waals surface area contributed by atoms with Crippen molar-refractivity contribution in [2.45, 2.75) is 19.4 Å². The van der Waals surface area contributed by atoms with Crippen LogP contribution in [0.4, 0.5) is 0 Å². The zero-order valence-corrected chi connectivity index (χ0v) is 12.1. The van der Waals surface area contributed by atoms with Crippen LogP contribution in [-0.4, -0.2) is 27.1 Å². The van der Waals surface area contributed by atoms with Gasteiger partial charge in [0.2, 0.25) is 5.91 Å². The number of allylic oxidation sites excluding steroid dienone is 1. The van der Waals surface area contributed by atoms with Crippen LogP contribution in [0, 0.1) is 5.92 Å². The molecule has 0 radical (unpaired) electrons. The molecule has 6 nitrogen and oxygen atoms in total. The first-order valence-electron chi connectivity index (χ1n) is 7.25. The SMILES string of the molecule is O=C(NN=CC=Cc1cn(Cc2ccccc2)nn1)C1CC1. The third kappa shape index (κ3) is 4.12. The lowest BCUT2D eigenvalue weighted by Gasteiger charge is -1.98. The van der Waals surface area contributed by atoms with Crippen molar-refractivity contribution in [1.29, 1.82) is 0 Å². The molecule has 1 fully saturated rings. The lowest BCUT2D eigenvalue weighted by Crippen LogP contribution is -2.18. The van der Waals surface area contributed by atoms with Crippen molar-refractivity contribution < 1.29 is 4.79 Å². The summed E-state index contributed by atoms with van der Waals surface area (Å²) in [6.07, 6.45) is 8.87. The van der Waals surface area contributed by atoms with E-state index in [4.69, 9.17) is 0 Å². The Bertz CT molecular complexity index is 686. The van der Waals surface area contributed by atoms with E-state index in [1.165, 1.54) is 11.8 Å². The van der Waals surface area contributed by atoms with E-state index in [2.05, 4.69) is 20.8 Å². The zero-order valence-electron chi connectivity index (χ0n) is 12.1. The average molecular weight is 295 g/mol. The number of hydrogen-bond acceptors (Lipinski definition) is 4. The lowest BCUT2D eigenvalue weighted by atomic mass is 10.2. The molecule has 3 rings (SSSR count). The second-order valence-corrected chi connectivity index (χ2v) is 5.21. The summed E-state index contributed by atoms with van der Waals surface area (Å²) in [7, 11) is 0. The first-order valence-corrected chi connectivity index (χ1v) is 7.25. The van der Waals surface area contributed by atoms with Gasteiger partial charge in [0, 0.05) is 12.1 Å². The van der Waals surface area contributed by atoms with Gasteiger partial charge in [0.25, 0.3) is 0 Å². The number of hydrazone groups is 1. The molecule has 1 aliphatic carbocycles. The van der Waals surface area contributed by atoms with Gasteiger partial charge in [-0.05, 0) is 30.6 Å². The van der Waals surface area contributed by atoms with E-state index >= 15 is 0 Å². The van der Waals surface area contributed by atoms with Crippen LogP contribution in [0.1, 0.15) is 24.1 Å². The second kappa shape index (κ2) is 6.80. The van der Waals surface area contributed by atoms with Crippen LogP contribution in [-0.2, 0) is 11.3 Å². The van der Waals surface area contributed by atoms with Crippen molar-refractivity contribution in [1.82, 2.24) is 20.4 Å². The highest BCUT2D eigenvalue weighted by atomic mass is 16.2. The molecule has 2 aromatic rings. The summed E-state index contributed by atoms with van der Waals surface area (Å²) in [6, 6.07) is 10.1. The maximum absolute atomic E-state index is 11.3. The molecule has 1 saturated carbocycles. The van der Waals surface area contributed by atoms with Crippen LogP contribution in [0.5, 0.6) is 0 Å². The van der Waals surface area contributed by atoms with Crippen molar-refractivity contribution >= 4 is 18.2 Å². The summed E-state index contributed by atoms with van der Waals surface area (Å²) in [4.78, 5) is 11.3. The van der Waals surface area contributed by atoms with Gasteiger partial charge in [-0.25, -0.2) is 10.1 Å². The molecule has 6 heteroatoms. The molecule has 0 bridgehead atoms. The predicted octanol–water partition coefficient (Wildman–Crippen LogP) is 1.85. The van der Waals surface area contributed by atoms with E-state index in [0.717, 1.165) is 18.5 Å². The van der Waals surface area contributed by atoms with Gasteiger partial charge >= 0.3 is 0 Å². The third-order valence-corrected chi connectivity index (χ3v) is 3.29. The van der Waals surface area contributed by atoms with Crippen molar-refractivity contribution in [2.24, 2.45) is 11.0 Å². The maximum Gasteiger partial charge on any atom is 0.243 e. The number of aromatic nitrogens is 3. The van der Waals surface area contributed by atoms with Gasteiger partial charge in [0.05, 0.1) is 12.7 Å². The molecule has 1 aliphatic rings. The van der Waals surface area contributed by atoms with Gasteiger partial charge in [-0.1, -0.05) is 35.5 Å². The van der Waals surface area contributed by atoms with Crippen molar-refractivity contribution in [3.05, 3.63) is 53.9 Å². The fourth-order valence-electron chi connectivity index (χ4n) is 1.96. The number of benzene rings is 1. The van der Waals surface area contributed by atoms with Gasteiger partial charge in [-0.3, -0.25) is 4.79 Å². The Morgan fingerprint density at radius 3 is 2.95 bits per heavy atom. The lowest BCUT2D eigenvalue weighted by molar-refractivity contribution is -0.122. The molecule has 1 N–H and O–H groups in total. The average Bonchev–Trinajstić information content (AvgIpc) is 3.30. The first kappa shape index (κ1) is 14.2. The Kier molecular flexibility index (Phi) is 4.38. The minimum atomic E-state index is -0.00143. The molecular weight excluding hydrogens is 278 g/mol. The molecule has 1 heterocycles. The zero-order chi connectivity index (χ0) is 15.2. The molecule has 22 heavy (non-hydrogen) atoms. The largest absolute Gasteiger partial charge is 0.273 e. The van der Waals surface area contributed by atoms with Crippen LogP contribution in [0.25, 0.3) is 6.08 Å². The minimum Gasteiger partial charge on any atom is -0.273 e. The fraction of sp³-hybridized carbons (Fsp3) is 0.250. The van der Waals surface area contributed by atoms with Crippen molar-refractivity contribution in [2.75, 3.05) is 0 Å². The van der Waals surface area contributed by atoms with Gasteiger partial charge in [-0.2, -0.15) is 5.10 Å². The van der Waals surface area contributed by atoms with Crippen LogP contribution >= 0.6 is 0 Å². The van der Waals surface area contributed by atoms with E-state index in [1.807, 2.05) is 36.5 Å². The highest BCUT2D eigenvalue weighted by Crippen LogP contribution is 2.28. The van der Waals surface area contributed by atoms with Crippen LogP contribution in [0.15, 0.2) is 47.7 Å². The molecule has 1 amide bonds. The minimum absolute atomic E-state index is 0.00143. The molecule has 0 aliphatic heterocycles. The van der Waals surface area contributed by atoms with Gasteiger partial charge in [0.15, 0.2) is 0 Å². The van der Waals surface area contributed by atoms with E-state index in [9.17, 15) is 4.79 Å². The molecule has 112 valence electrons. The number of hydrogen-bond donors (Lipinski definition) is 1. The second-order valence-electron chi connectivity index (χ2n) is 5.21. The number of nitrogens with zero attached hydrogens (tertiary/aromatic N) is 4. The summed E-state index contributed by atoms with van der Waals surface area (Å²) in [6.45, 7) is 0.688. The van der Waals surface area contributed by atoms with Crippen LogP contribution in [0.2, 0.25) is 0 Å². The Morgan fingerprint density at radius 1 is 1.36 bits per heavy atom. The first-order chi connectivity index (χ1) is 10.8. The highest BCUT2D eigenvalue weighted by Gasteiger charge is 2.29. The predicted molar refractivity (Wildman–Crippen MR) is 84.0 cm³/mol. The summed E-state index contributed by atoms with van der Waals surface area (Å²) in [5, 5.41) is 12.0. The monoisotopic (exact) mass is 295 g/mol. The van der Waals surface area contributed by atoms with Crippen molar-refractivity contribution in [3.8, 4) is 0 Å². The molecule has 1 aromatic carbocycles. The smallest absolute Gasteiger partial charge is 0.243 e. The number of carbonyl (C=O) groups excluding carboxylic acids is 1. The maximum atomic E-state index is 11.3. The molecule has 1 aromatic heterocycles. The number of carbonyl (C=O) groups is 1. The highest BCUT2D eigenvalue weighted by molar-refractivity contribution is 5.83.